The van der Waals surface area contributed by atoms with E-state index in [2.05, 4.69) is 4.98 Å². The molecular formula is C19H18BN2O4S. The van der Waals surface area contributed by atoms with Gasteiger partial charge in [0.1, 0.15) is 6.04 Å². The summed E-state index contributed by atoms with van der Waals surface area (Å²) in [5.41, 5.74) is 2.75. The summed E-state index contributed by atoms with van der Waals surface area (Å²) in [6.45, 7) is 3.71. The van der Waals surface area contributed by atoms with Crippen LogP contribution in [-0.4, -0.2) is 37.2 Å². The molecular weight excluding hydrogens is 363 g/mol. The number of hydrogen-bond acceptors (Lipinski definition) is 4. The Bertz CT molecular complexity index is 1110. The van der Waals surface area contributed by atoms with E-state index >= 15 is 0 Å². The fraction of sp³-hybridized carbons (Fsp3) is 0.211. The van der Waals surface area contributed by atoms with E-state index in [0.29, 0.717) is 0 Å². The zero-order valence-corrected chi connectivity index (χ0v) is 15.7. The first-order chi connectivity index (χ1) is 12.9. The Morgan fingerprint density at radius 1 is 1.15 bits per heavy atom. The minimum absolute atomic E-state index is 0.124. The molecule has 1 aliphatic rings. The lowest BCUT2D eigenvalue weighted by molar-refractivity contribution is -0.134. The largest absolute Gasteiger partial charge is 0.520 e. The lowest BCUT2D eigenvalue weighted by Crippen LogP contribution is -2.42. The third-order valence-electron chi connectivity index (χ3n) is 4.97. The zero-order chi connectivity index (χ0) is 19.2. The van der Waals surface area contributed by atoms with Gasteiger partial charge in [0.05, 0.1) is 4.90 Å². The van der Waals surface area contributed by atoms with Crippen LogP contribution in [0, 0.1) is 6.92 Å². The number of nitrogens with one attached hydrogen (secondary N) is 1. The molecule has 1 aliphatic heterocycles. The van der Waals surface area contributed by atoms with Gasteiger partial charge in [-0.25, -0.2) is 8.42 Å². The number of H-pyrrole nitrogens is 1. The summed E-state index contributed by atoms with van der Waals surface area (Å²) in [6, 6.07) is 13.3. The maximum atomic E-state index is 13.1. The molecule has 0 amide bonds. The quantitative estimate of drug-likeness (QED) is 0.705. The number of rotatable bonds is 4. The molecule has 137 valence electrons. The van der Waals surface area contributed by atoms with Crippen LogP contribution in [-0.2, 0) is 19.5 Å². The first-order valence-corrected chi connectivity index (χ1v) is 10.0. The molecule has 27 heavy (non-hydrogen) atoms. The molecule has 0 unspecified atom stereocenters. The van der Waals surface area contributed by atoms with Crippen molar-refractivity contribution in [2.45, 2.75) is 30.7 Å². The molecule has 2 atom stereocenters. The van der Waals surface area contributed by atoms with Crippen LogP contribution in [0.5, 0.6) is 0 Å². The number of aromatic nitrogens is 1. The number of fused-ring (bicyclic) bond motifs is 1. The van der Waals surface area contributed by atoms with Crippen LogP contribution in [0.2, 0.25) is 0 Å². The number of carbonyl (C=O) groups is 1. The van der Waals surface area contributed by atoms with Crippen molar-refractivity contribution >= 4 is 34.5 Å². The number of hydrogen-bond donors (Lipinski definition) is 1. The van der Waals surface area contributed by atoms with Crippen LogP contribution in [0.25, 0.3) is 10.9 Å². The molecule has 1 N–H and O–H groups in total. The predicted molar refractivity (Wildman–Crippen MR) is 103 cm³/mol. The van der Waals surface area contributed by atoms with Crippen molar-refractivity contribution in [3.05, 3.63) is 65.9 Å². The number of aromatic amines is 1. The van der Waals surface area contributed by atoms with Gasteiger partial charge < -0.3 is 9.64 Å². The summed E-state index contributed by atoms with van der Waals surface area (Å²) < 4.78 is 32.2. The number of para-hydroxylation sites is 1. The van der Waals surface area contributed by atoms with Crippen LogP contribution >= 0.6 is 0 Å². The van der Waals surface area contributed by atoms with Gasteiger partial charge in [-0.1, -0.05) is 42.8 Å². The van der Waals surface area contributed by atoms with E-state index in [4.69, 9.17) is 4.65 Å². The lowest BCUT2D eigenvalue weighted by Gasteiger charge is -2.25. The summed E-state index contributed by atoms with van der Waals surface area (Å²) in [5.74, 6) is -0.976. The highest BCUT2D eigenvalue weighted by Crippen LogP contribution is 2.34. The van der Waals surface area contributed by atoms with Gasteiger partial charge in [-0.3, -0.25) is 4.79 Å². The Labute approximate surface area is 158 Å². The Morgan fingerprint density at radius 3 is 2.59 bits per heavy atom. The number of nitrogens with zero attached hydrogens (tertiary/aromatic N) is 1. The van der Waals surface area contributed by atoms with Crippen LogP contribution in [0.1, 0.15) is 24.0 Å². The number of sulfonamides is 1. The van der Waals surface area contributed by atoms with Gasteiger partial charge in [-0.2, -0.15) is 4.22 Å². The summed E-state index contributed by atoms with van der Waals surface area (Å²) in [7, 11) is -2.90. The normalized spacial score (nSPS) is 19.0. The van der Waals surface area contributed by atoms with E-state index in [1.807, 2.05) is 44.3 Å². The molecule has 2 aromatic carbocycles. The SMILES string of the molecule is Cc1ccc(S(=O)(=O)N2[B]OC(=O)[C@@H]2[C@H](C)c2c[nH]c3ccccc23)cc1. The molecule has 4 rings (SSSR count). The smallest absolute Gasteiger partial charge is 0.498 e. The van der Waals surface area contributed by atoms with Crippen LogP contribution in [0.15, 0.2) is 59.6 Å². The Balaban J connectivity index is 1.74. The zero-order valence-electron chi connectivity index (χ0n) is 14.9. The predicted octanol–water partition coefficient (Wildman–Crippen LogP) is 2.73. The number of benzene rings is 2. The van der Waals surface area contributed by atoms with Crippen LogP contribution in [0.3, 0.4) is 0 Å². The average molecular weight is 381 g/mol. The van der Waals surface area contributed by atoms with Crippen LogP contribution < -0.4 is 0 Å². The van der Waals surface area contributed by atoms with Gasteiger partial charge in [0.25, 0.3) is 0 Å². The third-order valence-corrected chi connectivity index (χ3v) is 6.71. The molecule has 1 aromatic heterocycles. The fourth-order valence-electron chi connectivity index (χ4n) is 3.45. The van der Waals surface area contributed by atoms with Crippen molar-refractivity contribution in [1.29, 1.82) is 0 Å². The van der Waals surface area contributed by atoms with Crippen LogP contribution in [0.4, 0.5) is 0 Å². The van der Waals surface area contributed by atoms with Crippen molar-refractivity contribution in [2.24, 2.45) is 0 Å². The molecule has 0 saturated carbocycles. The number of aryl methyl sites for hydroxylation is 1. The molecule has 8 heteroatoms. The van der Waals surface area contributed by atoms with Crippen molar-refractivity contribution in [3.8, 4) is 0 Å². The molecule has 0 aliphatic carbocycles. The highest BCUT2D eigenvalue weighted by atomic mass is 32.2. The average Bonchev–Trinajstić information content (AvgIpc) is 3.25. The topological polar surface area (TPSA) is 79.5 Å². The van der Waals surface area contributed by atoms with Crippen molar-refractivity contribution < 1.29 is 17.9 Å². The first-order valence-electron chi connectivity index (χ1n) is 8.59. The van der Waals surface area contributed by atoms with E-state index < -0.39 is 28.0 Å². The molecule has 1 radical (unpaired) electrons. The number of carbonyl (C=O) groups excluding carboxylic acids is 1. The van der Waals surface area contributed by atoms with E-state index in [0.717, 1.165) is 33.9 Å². The standard InChI is InChI=1S/C19H18BN2O4S/c1-12-7-9-14(10-8-12)27(24,25)22-18(19(23)26-20-22)13(2)16-11-21-17-6-4-3-5-15(16)17/h3-11,13,18,21H,1-2H3/t13-,18+/m1/s1. The summed E-state index contributed by atoms with van der Waals surface area (Å²) in [5, 5.41) is 0.956. The second-order valence-corrected chi connectivity index (χ2v) is 8.56. The highest BCUT2D eigenvalue weighted by molar-refractivity contribution is 7.90. The molecule has 0 bridgehead atoms. The summed E-state index contributed by atoms with van der Waals surface area (Å²) >= 11 is 0. The van der Waals surface area contributed by atoms with Gasteiger partial charge in [-0.15, -0.1) is 0 Å². The van der Waals surface area contributed by atoms with Crippen molar-refractivity contribution in [3.63, 3.8) is 0 Å². The van der Waals surface area contributed by atoms with Crippen molar-refractivity contribution in [2.75, 3.05) is 0 Å². The van der Waals surface area contributed by atoms with Gasteiger partial charge in [0.2, 0.25) is 10.0 Å². The molecule has 1 saturated heterocycles. The van der Waals surface area contributed by atoms with E-state index in [9.17, 15) is 13.2 Å². The molecule has 1 fully saturated rings. The molecule has 2 heterocycles. The minimum Gasteiger partial charge on any atom is -0.520 e. The third kappa shape index (κ3) is 2.94. The van der Waals surface area contributed by atoms with E-state index in [1.165, 1.54) is 12.1 Å². The Kier molecular flexibility index (Phi) is 4.32. The molecule has 3 aromatic rings. The van der Waals surface area contributed by atoms with E-state index in [-0.39, 0.29) is 4.90 Å². The van der Waals surface area contributed by atoms with Crippen molar-refractivity contribution in [1.82, 2.24) is 9.20 Å². The van der Waals surface area contributed by atoms with Gasteiger partial charge in [0.15, 0.2) is 0 Å². The fourth-order valence-corrected chi connectivity index (χ4v) is 4.89. The monoisotopic (exact) mass is 381 g/mol. The highest BCUT2D eigenvalue weighted by Gasteiger charge is 2.47. The molecule has 0 spiro atoms. The second-order valence-electron chi connectivity index (χ2n) is 6.71. The second kappa shape index (κ2) is 6.54. The summed E-state index contributed by atoms with van der Waals surface area (Å²) in [6.07, 6.45) is 1.82. The minimum atomic E-state index is -3.91. The van der Waals surface area contributed by atoms with E-state index in [1.54, 1.807) is 12.1 Å². The van der Waals surface area contributed by atoms with Gasteiger partial charge >= 0.3 is 13.6 Å². The molecule has 6 nitrogen and oxygen atoms in total. The Morgan fingerprint density at radius 2 is 1.85 bits per heavy atom. The lowest BCUT2D eigenvalue weighted by atomic mass is 9.92. The summed E-state index contributed by atoms with van der Waals surface area (Å²) in [4.78, 5) is 15.7. The Hall–Kier alpha value is -2.58. The maximum absolute atomic E-state index is 13.1. The maximum Gasteiger partial charge on any atom is 0.498 e. The first kappa shape index (κ1) is 17.8. The van der Waals surface area contributed by atoms with Gasteiger partial charge in [0, 0.05) is 23.0 Å². The van der Waals surface area contributed by atoms with Gasteiger partial charge in [-0.05, 0) is 30.7 Å².